The maximum atomic E-state index is 12.6. The van der Waals surface area contributed by atoms with E-state index >= 15 is 0 Å². The molecule has 1 N–H and O–H groups in total. The van der Waals surface area contributed by atoms with E-state index in [-0.39, 0.29) is 11.9 Å². The Bertz CT molecular complexity index is 448. The van der Waals surface area contributed by atoms with Crippen LogP contribution in [0.25, 0.3) is 0 Å². The van der Waals surface area contributed by atoms with Gasteiger partial charge in [0, 0.05) is 25.7 Å². The molecular weight excluding hydrogens is 260 g/mol. The molecule has 2 rings (SSSR count). The van der Waals surface area contributed by atoms with E-state index in [4.69, 9.17) is 11.6 Å². The van der Waals surface area contributed by atoms with Crippen molar-refractivity contribution in [1.82, 2.24) is 10.2 Å². The zero-order valence-corrected chi connectivity index (χ0v) is 12.3. The van der Waals surface area contributed by atoms with Crippen LogP contribution in [0.5, 0.6) is 0 Å². The summed E-state index contributed by atoms with van der Waals surface area (Å²) in [4.78, 5) is 14.6. The average molecular weight is 281 g/mol. The van der Waals surface area contributed by atoms with E-state index in [0.717, 1.165) is 26.1 Å². The second-order valence-corrected chi connectivity index (χ2v) is 5.87. The van der Waals surface area contributed by atoms with E-state index in [1.165, 1.54) is 0 Å². The van der Waals surface area contributed by atoms with Crippen molar-refractivity contribution in [3.05, 3.63) is 34.9 Å². The van der Waals surface area contributed by atoms with Gasteiger partial charge in [0.2, 0.25) is 0 Å². The molecule has 1 aliphatic heterocycles. The molecule has 0 bridgehead atoms. The van der Waals surface area contributed by atoms with Gasteiger partial charge in [-0.3, -0.25) is 4.79 Å². The summed E-state index contributed by atoms with van der Waals surface area (Å²) in [6, 6.07) is 7.55. The molecule has 0 spiro atoms. The maximum Gasteiger partial charge on any atom is 0.255 e. The van der Waals surface area contributed by atoms with Crippen molar-refractivity contribution in [2.24, 2.45) is 5.92 Å². The first-order valence-electron chi connectivity index (χ1n) is 6.86. The highest BCUT2D eigenvalue weighted by atomic mass is 35.5. The number of hydrogen-bond acceptors (Lipinski definition) is 2. The summed E-state index contributed by atoms with van der Waals surface area (Å²) in [5.74, 6) is 0.629. The second-order valence-electron chi connectivity index (χ2n) is 5.47. The highest BCUT2D eigenvalue weighted by Crippen LogP contribution is 2.21. The number of nitrogens with one attached hydrogen (secondary N) is 1. The average Bonchev–Trinajstić information content (AvgIpc) is 2.38. The number of carbonyl (C=O) groups excluding carboxylic acids is 1. The zero-order valence-electron chi connectivity index (χ0n) is 11.5. The molecule has 1 fully saturated rings. The van der Waals surface area contributed by atoms with Crippen LogP contribution in [0.3, 0.4) is 0 Å². The van der Waals surface area contributed by atoms with Gasteiger partial charge in [0.05, 0.1) is 10.6 Å². The Morgan fingerprint density at radius 3 is 2.89 bits per heavy atom. The van der Waals surface area contributed by atoms with Crippen molar-refractivity contribution in [2.45, 2.75) is 26.3 Å². The first-order valence-corrected chi connectivity index (χ1v) is 7.23. The third kappa shape index (κ3) is 3.48. The molecule has 1 atom stereocenters. The Labute approximate surface area is 119 Å². The molecule has 0 radical (unpaired) electrons. The van der Waals surface area contributed by atoms with Crippen molar-refractivity contribution >= 4 is 17.5 Å². The van der Waals surface area contributed by atoms with Crippen LogP contribution < -0.4 is 5.32 Å². The number of amides is 1. The van der Waals surface area contributed by atoms with Crippen molar-refractivity contribution in [3.63, 3.8) is 0 Å². The molecule has 3 nitrogen and oxygen atoms in total. The summed E-state index contributed by atoms with van der Waals surface area (Å²) in [6.07, 6.45) is 1.02. The number of halogens is 1. The predicted octanol–water partition coefficient (Wildman–Crippen LogP) is 2.80. The number of benzene rings is 1. The number of hydrogen-bond donors (Lipinski definition) is 1. The van der Waals surface area contributed by atoms with Crippen LogP contribution >= 0.6 is 11.6 Å². The van der Waals surface area contributed by atoms with E-state index in [1.54, 1.807) is 12.1 Å². The molecule has 19 heavy (non-hydrogen) atoms. The monoisotopic (exact) mass is 280 g/mol. The summed E-state index contributed by atoms with van der Waals surface area (Å²) in [6.45, 7) is 6.85. The Kier molecular flexibility index (Phi) is 4.83. The largest absolute Gasteiger partial charge is 0.333 e. The Morgan fingerprint density at radius 2 is 2.21 bits per heavy atom. The highest BCUT2D eigenvalue weighted by molar-refractivity contribution is 6.33. The van der Waals surface area contributed by atoms with Crippen LogP contribution in [-0.2, 0) is 0 Å². The normalized spacial score (nSPS) is 19.8. The van der Waals surface area contributed by atoms with E-state index in [2.05, 4.69) is 19.2 Å². The first kappa shape index (κ1) is 14.4. The van der Waals surface area contributed by atoms with Gasteiger partial charge in [-0.15, -0.1) is 0 Å². The van der Waals surface area contributed by atoms with Gasteiger partial charge in [-0.1, -0.05) is 37.6 Å². The standard InChI is InChI=1S/C15H21ClN2O/c1-11(2)9-12-10-17-7-8-18(12)15(19)13-5-3-4-6-14(13)16/h3-6,11-12,17H,7-10H2,1-2H3. The summed E-state index contributed by atoms with van der Waals surface area (Å²) in [5.41, 5.74) is 0.611. The van der Waals surface area contributed by atoms with Gasteiger partial charge in [-0.05, 0) is 24.5 Å². The van der Waals surface area contributed by atoms with E-state index in [0.29, 0.717) is 16.5 Å². The van der Waals surface area contributed by atoms with Gasteiger partial charge in [0.1, 0.15) is 0 Å². The molecule has 0 aromatic heterocycles. The highest BCUT2D eigenvalue weighted by Gasteiger charge is 2.28. The first-order chi connectivity index (χ1) is 9.09. The van der Waals surface area contributed by atoms with Gasteiger partial charge in [0.25, 0.3) is 5.91 Å². The smallest absolute Gasteiger partial charge is 0.255 e. The Balaban J connectivity index is 2.18. The summed E-state index contributed by atoms with van der Waals surface area (Å²) in [7, 11) is 0. The minimum Gasteiger partial charge on any atom is -0.333 e. The van der Waals surface area contributed by atoms with Crippen LogP contribution in [0.1, 0.15) is 30.6 Å². The zero-order chi connectivity index (χ0) is 13.8. The lowest BCUT2D eigenvalue weighted by Crippen LogP contribution is -2.54. The van der Waals surface area contributed by atoms with Gasteiger partial charge in [-0.2, -0.15) is 0 Å². The third-order valence-electron chi connectivity index (χ3n) is 3.46. The van der Waals surface area contributed by atoms with Gasteiger partial charge in [-0.25, -0.2) is 0 Å². The van der Waals surface area contributed by atoms with Crippen LogP contribution in [0.4, 0.5) is 0 Å². The molecule has 1 unspecified atom stereocenters. The predicted molar refractivity (Wildman–Crippen MR) is 78.6 cm³/mol. The van der Waals surface area contributed by atoms with E-state index in [1.807, 2.05) is 17.0 Å². The summed E-state index contributed by atoms with van der Waals surface area (Å²) >= 11 is 6.13. The Morgan fingerprint density at radius 1 is 1.47 bits per heavy atom. The number of rotatable bonds is 3. The van der Waals surface area contributed by atoms with Gasteiger partial charge < -0.3 is 10.2 Å². The van der Waals surface area contributed by atoms with Crippen LogP contribution in [-0.4, -0.2) is 36.5 Å². The lowest BCUT2D eigenvalue weighted by molar-refractivity contribution is 0.0610. The number of piperazine rings is 1. The molecule has 104 valence electrons. The molecule has 1 aromatic rings. The van der Waals surface area contributed by atoms with E-state index in [9.17, 15) is 4.79 Å². The number of carbonyl (C=O) groups is 1. The fraction of sp³-hybridized carbons (Fsp3) is 0.533. The minimum absolute atomic E-state index is 0.0535. The molecule has 0 saturated carbocycles. The summed E-state index contributed by atoms with van der Waals surface area (Å²) in [5, 5.41) is 3.90. The quantitative estimate of drug-likeness (QED) is 0.923. The molecule has 1 aliphatic rings. The maximum absolute atomic E-state index is 12.6. The fourth-order valence-electron chi connectivity index (χ4n) is 2.57. The van der Waals surface area contributed by atoms with Crippen LogP contribution in [0.15, 0.2) is 24.3 Å². The van der Waals surface area contributed by atoms with Crippen molar-refractivity contribution < 1.29 is 4.79 Å². The van der Waals surface area contributed by atoms with Crippen LogP contribution in [0, 0.1) is 5.92 Å². The van der Waals surface area contributed by atoms with Crippen LogP contribution in [0.2, 0.25) is 5.02 Å². The second kappa shape index (κ2) is 6.40. The number of nitrogens with zero attached hydrogens (tertiary/aromatic N) is 1. The Hall–Kier alpha value is -1.06. The molecular formula is C15H21ClN2O. The van der Waals surface area contributed by atoms with Crippen molar-refractivity contribution in [3.8, 4) is 0 Å². The van der Waals surface area contributed by atoms with Gasteiger partial charge in [0.15, 0.2) is 0 Å². The van der Waals surface area contributed by atoms with E-state index < -0.39 is 0 Å². The summed E-state index contributed by atoms with van der Waals surface area (Å²) < 4.78 is 0. The van der Waals surface area contributed by atoms with Gasteiger partial charge >= 0.3 is 0 Å². The topological polar surface area (TPSA) is 32.3 Å². The fourth-order valence-corrected chi connectivity index (χ4v) is 2.79. The lowest BCUT2D eigenvalue weighted by Gasteiger charge is -2.37. The molecule has 1 heterocycles. The lowest BCUT2D eigenvalue weighted by atomic mass is 10.00. The molecule has 1 amide bonds. The third-order valence-corrected chi connectivity index (χ3v) is 3.79. The SMILES string of the molecule is CC(C)CC1CNCCN1C(=O)c1ccccc1Cl. The molecule has 1 aromatic carbocycles. The minimum atomic E-state index is 0.0535. The van der Waals surface area contributed by atoms with Crippen molar-refractivity contribution in [2.75, 3.05) is 19.6 Å². The molecule has 1 saturated heterocycles. The molecule has 4 heteroatoms. The molecule has 0 aliphatic carbocycles. The van der Waals surface area contributed by atoms with Crippen molar-refractivity contribution in [1.29, 1.82) is 0 Å².